The molecule has 0 radical (unpaired) electrons. The summed E-state index contributed by atoms with van der Waals surface area (Å²) in [5.74, 6) is -1.65. The number of benzene rings is 1. The van der Waals surface area contributed by atoms with Crippen LogP contribution in [0.3, 0.4) is 0 Å². The molecule has 0 aliphatic carbocycles. The summed E-state index contributed by atoms with van der Waals surface area (Å²) in [6, 6.07) is 9.43. The first-order chi connectivity index (χ1) is 25.5. The topological polar surface area (TPSA) is 317 Å². The molecule has 0 bridgehead atoms. The predicted octanol–water partition coefficient (Wildman–Crippen LogP) is 1.11. The maximum atomic E-state index is 12.8. The number of phosphoric acid groups is 2. The fourth-order valence-corrected chi connectivity index (χ4v) is 9.10. The lowest BCUT2D eigenvalue weighted by atomic mass is 10.1. The molecule has 54 heavy (non-hydrogen) atoms. The predicted molar refractivity (Wildman–Crippen MR) is 184 cm³/mol. The number of hydrogen-bond acceptors (Lipinski definition) is 19. The van der Waals surface area contributed by atoms with Gasteiger partial charge in [-0.2, -0.15) is 14.3 Å². The number of thiazole rings is 1. The van der Waals surface area contributed by atoms with Gasteiger partial charge in [-0.1, -0.05) is 30.3 Å². The van der Waals surface area contributed by atoms with Gasteiger partial charge in [0.2, 0.25) is 5.95 Å². The zero-order valence-corrected chi connectivity index (χ0v) is 31.0. The number of imidazole rings is 1. The molecule has 0 saturated carbocycles. The molecular weight excluding hydrogens is 778 g/mol. The van der Waals surface area contributed by atoms with Crippen molar-refractivity contribution < 1.29 is 66.2 Å². The van der Waals surface area contributed by atoms with Crippen molar-refractivity contribution >= 4 is 55.8 Å². The van der Waals surface area contributed by atoms with Crippen molar-refractivity contribution in [1.82, 2.24) is 24.5 Å². The molecular formula is C29H36N8O14P2S. The van der Waals surface area contributed by atoms with Gasteiger partial charge >= 0.3 is 15.6 Å². The quantitative estimate of drug-likeness (QED) is 0.0877. The summed E-state index contributed by atoms with van der Waals surface area (Å²) in [5.41, 5.74) is 12.7. The Bertz CT molecular complexity index is 2110. The summed E-state index contributed by atoms with van der Waals surface area (Å²) >= 11 is 1.09. The van der Waals surface area contributed by atoms with Gasteiger partial charge in [-0.15, -0.1) is 11.3 Å². The highest BCUT2D eigenvalue weighted by Crippen LogP contribution is 2.61. The van der Waals surface area contributed by atoms with E-state index in [4.69, 9.17) is 39.5 Å². The van der Waals surface area contributed by atoms with Crippen molar-refractivity contribution in [3.05, 3.63) is 58.3 Å². The molecule has 3 fully saturated rings. The van der Waals surface area contributed by atoms with Gasteiger partial charge in [-0.05, 0) is 19.4 Å². The molecule has 4 aromatic rings. The smallest absolute Gasteiger partial charge is 0.387 e. The van der Waals surface area contributed by atoms with Gasteiger partial charge in [0.15, 0.2) is 23.5 Å². The number of anilines is 2. The number of amides is 1. The number of aliphatic hydroxyl groups excluding tert-OH is 2. The minimum Gasteiger partial charge on any atom is -0.387 e. The van der Waals surface area contributed by atoms with Crippen LogP contribution in [-0.4, -0.2) is 106 Å². The first kappa shape index (κ1) is 38.8. The SMILES string of the molecule is CC1(C)O[C@@H]2[C@H](O1)[C@@H](COP(=O)(O)OP(=O)(O)OC[C@H]1O[C@@H](n3cnc4c(N)nc(NCc5ccccc5)nc43)[C@H](O)[C@@H]1O)O[C@H]2c1nc(C(N)=O)cs1. The third kappa shape index (κ3) is 8.20. The highest BCUT2D eigenvalue weighted by molar-refractivity contribution is 7.61. The average molecular weight is 815 g/mol. The minimum absolute atomic E-state index is 0.0109. The van der Waals surface area contributed by atoms with E-state index in [0.29, 0.717) is 11.6 Å². The second-order valence-corrected chi connectivity index (χ2v) is 16.8. The van der Waals surface area contributed by atoms with Crippen LogP contribution in [-0.2, 0) is 48.0 Å². The van der Waals surface area contributed by atoms with Gasteiger partial charge in [0.05, 0.1) is 19.5 Å². The number of primary amides is 1. The van der Waals surface area contributed by atoms with Crippen LogP contribution in [0, 0.1) is 0 Å². The molecule has 6 heterocycles. The number of aromatic nitrogens is 5. The summed E-state index contributed by atoms with van der Waals surface area (Å²) in [5, 5.41) is 26.4. The van der Waals surface area contributed by atoms with E-state index < -0.39 is 89.5 Å². The lowest BCUT2D eigenvalue weighted by Crippen LogP contribution is -2.33. The second kappa shape index (κ2) is 14.9. The number of ether oxygens (including phenoxy) is 4. The van der Waals surface area contributed by atoms with Crippen LogP contribution in [0.1, 0.15) is 47.2 Å². The Labute approximate surface area is 309 Å². The van der Waals surface area contributed by atoms with Crippen LogP contribution in [0.25, 0.3) is 11.2 Å². The average Bonchev–Trinajstić information content (AvgIpc) is 3.92. The monoisotopic (exact) mass is 814 g/mol. The molecule has 10 atom stereocenters. The first-order valence-corrected chi connectivity index (χ1v) is 20.1. The number of nitrogen functional groups attached to an aromatic ring is 1. The van der Waals surface area contributed by atoms with Gasteiger partial charge < -0.3 is 55.7 Å². The van der Waals surface area contributed by atoms with Gasteiger partial charge in [0.1, 0.15) is 58.9 Å². The fourth-order valence-electron chi connectivity index (χ4n) is 6.14. The third-order valence-electron chi connectivity index (χ3n) is 8.53. The molecule has 3 aliphatic rings. The number of rotatable bonds is 14. The van der Waals surface area contributed by atoms with E-state index in [1.165, 1.54) is 16.3 Å². The molecule has 2 unspecified atom stereocenters. The summed E-state index contributed by atoms with van der Waals surface area (Å²) in [4.78, 5) is 49.3. The van der Waals surface area contributed by atoms with Crippen LogP contribution in [0.2, 0.25) is 0 Å². The Morgan fingerprint density at radius 2 is 1.69 bits per heavy atom. The van der Waals surface area contributed by atoms with E-state index in [2.05, 4.69) is 29.6 Å². The van der Waals surface area contributed by atoms with E-state index in [0.717, 1.165) is 16.9 Å². The maximum absolute atomic E-state index is 12.8. The Kier molecular flexibility index (Phi) is 10.7. The van der Waals surface area contributed by atoms with Crippen molar-refractivity contribution in [3.8, 4) is 0 Å². The number of hydrogen-bond donors (Lipinski definition) is 7. The number of carbonyl (C=O) groups is 1. The zero-order valence-electron chi connectivity index (χ0n) is 28.3. The lowest BCUT2D eigenvalue weighted by molar-refractivity contribution is -0.190. The second-order valence-electron chi connectivity index (χ2n) is 12.8. The summed E-state index contributed by atoms with van der Waals surface area (Å²) in [6.07, 6.45) is -8.30. The molecule has 9 N–H and O–H groups in total. The van der Waals surface area contributed by atoms with E-state index in [9.17, 15) is 33.9 Å². The Morgan fingerprint density at radius 1 is 1.00 bits per heavy atom. The highest BCUT2D eigenvalue weighted by Gasteiger charge is 2.57. The molecule has 3 aromatic heterocycles. The highest BCUT2D eigenvalue weighted by atomic mass is 32.1. The number of aliphatic hydroxyl groups is 2. The van der Waals surface area contributed by atoms with Gasteiger partial charge in [-0.3, -0.25) is 18.4 Å². The Balaban J connectivity index is 0.961. The zero-order chi connectivity index (χ0) is 38.6. The van der Waals surface area contributed by atoms with Crippen LogP contribution in [0.5, 0.6) is 0 Å². The molecule has 1 aromatic carbocycles. The first-order valence-electron chi connectivity index (χ1n) is 16.2. The number of fused-ring (bicyclic) bond motifs is 2. The van der Waals surface area contributed by atoms with Crippen LogP contribution < -0.4 is 16.8 Å². The number of phosphoric ester groups is 2. The van der Waals surface area contributed by atoms with Crippen LogP contribution >= 0.6 is 27.0 Å². The third-order valence-corrected chi connectivity index (χ3v) is 12.0. The van der Waals surface area contributed by atoms with Gasteiger partial charge in [-0.25, -0.2) is 19.1 Å². The molecule has 25 heteroatoms. The molecule has 3 saturated heterocycles. The van der Waals surface area contributed by atoms with E-state index in [1.54, 1.807) is 13.8 Å². The Morgan fingerprint density at radius 3 is 2.37 bits per heavy atom. The molecule has 22 nitrogen and oxygen atoms in total. The van der Waals surface area contributed by atoms with Crippen LogP contribution in [0.15, 0.2) is 42.0 Å². The normalized spacial score (nSPS) is 29.9. The van der Waals surface area contributed by atoms with Crippen molar-refractivity contribution in [3.63, 3.8) is 0 Å². The van der Waals surface area contributed by atoms with Crippen LogP contribution in [0.4, 0.5) is 11.8 Å². The van der Waals surface area contributed by atoms with Gasteiger partial charge in [0, 0.05) is 11.9 Å². The molecule has 3 aliphatic heterocycles. The number of nitrogens with two attached hydrogens (primary N) is 2. The molecule has 7 rings (SSSR count). The fraction of sp³-hybridized carbons (Fsp3) is 0.483. The molecule has 292 valence electrons. The van der Waals surface area contributed by atoms with Crippen molar-refractivity contribution in [2.24, 2.45) is 5.73 Å². The maximum Gasteiger partial charge on any atom is 0.481 e. The Hall–Kier alpha value is -3.51. The number of nitrogens with zero attached hydrogens (tertiary/aromatic N) is 5. The van der Waals surface area contributed by atoms with E-state index >= 15 is 0 Å². The summed E-state index contributed by atoms with van der Waals surface area (Å²) in [7, 11) is -10.7. The lowest BCUT2D eigenvalue weighted by Gasteiger charge is -2.24. The van der Waals surface area contributed by atoms with E-state index in [-0.39, 0.29) is 28.6 Å². The summed E-state index contributed by atoms with van der Waals surface area (Å²) < 4.78 is 64.8. The van der Waals surface area contributed by atoms with Crippen molar-refractivity contribution in [1.29, 1.82) is 0 Å². The van der Waals surface area contributed by atoms with Crippen molar-refractivity contribution in [2.75, 3.05) is 24.3 Å². The number of nitrogens with one attached hydrogen (secondary N) is 1. The van der Waals surface area contributed by atoms with E-state index in [1.807, 2.05) is 30.3 Å². The largest absolute Gasteiger partial charge is 0.481 e. The number of carbonyl (C=O) groups excluding carboxylic acids is 1. The molecule has 1 amide bonds. The standard InChI is InChI=1S/C29H36N8O14P2S/c1-29(2)49-20-16(47-22(21(20)50-29)26-34-14(11-54-26)24(31)40)10-46-53(43,44)51-52(41,42)45-9-15-18(38)19(39)27(48-15)37-12-33-17-23(30)35-28(36-25(17)37)32-8-13-6-4-3-5-7-13/h3-7,11-12,15-16,18-22,27,38-39H,8-10H2,1-2H3,(H2,31,40)(H,41,42)(H,43,44)(H3,30,32,35,36)/t15-,16-,18-,19-,20-,21-,22-,27-/m1/s1. The minimum atomic E-state index is -5.37. The summed E-state index contributed by atoms with van der Waals surface area (Å²) in [6.45, 7) is 2.11. The molecule has 0 spiro atoms. The van der Waals surface area contributed by atoms with Crippen molar-refractivity contribution in [2.45, 2.75) is 75.1 Å². The van der Waals surface area contributed by atoms with Gasteiger partial charge in [0.25, 0.3) is 5.91 Å².